The summed E-state index contributed by atoms with van der Waals surface area (Å²) < 4.78 is 1.80. The maximum Gasteiger partial charge on any atom is 0.162 e. The Balaban J connectivity index is 2.86. The third-order valence-electron chi connectivity index (χ3n) is 1.26. The van der Waals surface area contributed by atoms with E-state index in [9.17, 15) is 0 Å². The number of fused-ring (bicyclic) bond motifs is 1. The lowest BCUT2D eigenvalue weighted by molar-refractivity contribution is 1.10. The van der Waals surface area contributed by atoms with Gasteiger partial charge in [-0.15, -0.1) is 10.2 Å². The Labute approximate surface area is 62.3 Å². The van der Waals surface area contributed by atoms with Crippen molar-refractivity contribution in [1.82, 2.24) is 14.6 Å². The van der Waals surface area contributed by atoms with E-state index in [1.54, 1.807) is 22.9 Å². The number of rotatable bonds is 0. The van der Waals surface area contributed by atoms with Gasteiger partial charge in [-0.1, -0.05) is 11.6 Å². The lowest BCUT2D eigenvalue weighted by Gasteiger charge is -1.89. The summed E-state index contributed by atoms with van der Waals surface area (Å²) in [6, 6.07) is 3.55. The molecular weight excluding hydrogens is 150 g/mol. The van der Waals surface area contributed by atoms with Gasteiger partial charge < -0.3 is 0 Å². The molecule has 0 saturated carbocycles. The summed E-state index contributed by atoms with van der Waals surface area (Å²) in [5, 5.41) is 8.19. The van der Waals surface area contributed by atoms with Gasteiger partial charge in [0.15, 0.2) is 5.65 Å². The minimum atomic E-state index is 0.681. The van der Waals surface area contributed by atoms with Crippen molar-refractivity contribution in [1.29, 1.82) is 0 Å². The summed E-state index contributed by atoms with van der Waals surface area (Å²) in [4.78, 5) is 0. The molecule has 2 heterocycles. The summed E-state index contributed by atoms with van der Waals surface area (Å²) in [5.41, 5.74) is 0.771. The average molecular weight is 154 g/mol. The van der Waals surface area contributed by atoms with E-state index in [4.69, 9.17) is 11.6 Å². The monoisotopic (exact) mass is 153 g/mol. The van der Waals surface area contributed by atoms with Crippen LogP contribution in [-0.4, -0.2) is 14.6 Å². The lowest BCUT2D eigenvalue weighted by Crippen LogP contribution is -1.79. The summed E-state index contributed by atoms with van der Waals surface area (Å²) in [7, 11) is 0. The fourth-order valence-electron chi connectivity index (χ4n) is 0.793. The number of hydrogen-bond donors (Lipinski definition) is 0. The maximum absolute atomic E-state index is 5.69. The fourth-order valence-corrected chi connectivity index (χ4v) is 0.947. The van der Waals surface area contributed by atoms with E-state index < -0.39 is 0 Å². The Kier molecular flexibility index (Phi) is 1.11. The third-order valence-corrected chi connectivity index (χ3v) is 1.50. The number of aromatic nitrogens is 3. The average Bonchev–Trinajstić information content (AvgIpc) is 2.33. The molecule has 0 bridgehead atoms. The van der Waals surface area contributed by atoms with Crippen LogP contribution in [-0.2, 0) is 0 Å². The zero-order valence-electron chi connectivity index (χ0n) is 5.03. The molecule has 0 aliphatic rings. The van der Waals surface area contributed by atoms with Gasteiger partial charge in [0.2, 0.25) is 0 Å². The van der Waals surface area contributed by atoms with Crippen LogP contribution in [0.15, 0.2) is 24.7 Å². The molecule has 0 spiro atoms. The Morgan fingerprint density at radius 1 is 1.50 bits per heavy atom. The van der Waals surface area contributed by atoms with Crippen LogP contribution in [0.2, 0.25) is 5.02 Å². The smallest absolute Gasteiger partial charge is 0.162 e. The molecule has 2 rings (SSSR count). The van der Waals surface area contributed by atoms with Crippen LogP contribution in [0.5, 0.6) is 0 Å². The van der Waals surface area contributed by atoms with E-state index in [0.29, 0.717) is 5.02 Å². The van der Waals surface area contributed by atoms with Gasteiger partial charge in [0.1, 0.15) is 6.33 Å². The third kappa shape index (κ3) is 0.752. The van der Waals surface area contributed by atoms with Gasteiger partial charge in [0.25, 0.3) is 0 Å². The van der Waals surface area contributed by atoms with Crippen LogP contribution in [0.3, 0.4) is 0 Å². The molecule has 0 N–H and O–H groups in total. The minimum absolute atomic E-state index is 0.681. The first-order valence-corrected chi connectivity index (χ1v) is 3.19. The molecule has 4 heteroatoms. The second kappa shape index (κ2) is 1.95. The molecular formula is C6H4ClN3. The van der Waals surface area contributed by atoms with E-state index in [2.05, 4.69) is 10.2 Å². The number of pyridine rings is 1. The van der Waals surface area contributed by atoms with Gasteiger partial charge in [-0.3, -0.25) is 4.40 Å². The van der Waals surface area contributed by atoms with Crippen molar-refractivity contribution in [2.75, 3.05) is 0 Å². The molecule has 0 amide bonds. The molecule has 0 aliphatic carbocycles. The minimum Gasteiger partial charge on any atom is -0.289 e. The SMILES string of the molecule is Clc1ccn2cnnc2c1. The van der Waals surface area contributed by atoms with Gasteiger partial charge in [-0.05, 0) is 6.07 Å². The van der Waals surface area contributed by atoms with Crippen LogP contribution < -0.4 is 0 Å². The summed E-state index contributed by atoms with van der Waals surface area (Å²) in [6.07, 6.45) is 3.45. The predicted octanol–water partition coefficient (Wildman–Crippen LogP) is 1.38. The van der Waals surface area contributed by atoms with E-state index >= 15 is 0 Å². The maximum atomic E-state index is 5.69. The summed E-state index contributed by atoms with van der Waals surface area (Å²) in [6.45, 7) is 0. The van der Waals surface area contributed by atoms with Gasteiger partial charge in [-0.25, -0.2) is 0 Å². The highest BCUT2D eigenvalue weighted by atomic mass is 35.5. The Morgan fingerprint density at radius 2 is 2.40 bits per heavy atom. The van der Waals surface area contributed by atoms with Crippen molar-refractivity contribution in [3.8, 4) is 0 Å². The van der Waals surface area contributed by atoms with Gasteiger partial charge in [-0.2, -0.15) is 0 Å². The van der Waals surface area contributed by atoms with Crippen molar-refractivity contribution in [2.45, 2.75) is 0 Å². The van der Waals surface area contributed by atoms with Gasteiger partial charge in [0, 0.05) is 17.3 Å². The largest absolute Gasteiger partial charge is 0.289 e. The van der Waals surface area contributed by atoms with Gasteiger partial charge >= 0.3 is 0 Å². The van der Waals surface area contributed by atoms with Crippen LogP contribution in [0.25, 0.3) is 5.65 Å². The number of halogens is 1. The quantitative estimate of drug-likeness (QED) is 0.573. The van der Waals surface area contributed by atoms with Crippen molar-refractivity contribution in [2.24, 2.45) is 0 Å². The Hall–Kier alpha value is -1.09. The summed E-state index contributed by atoms with van der Waals surface area (Å²) in [5.74, 6) is 0. The van der Waals surface area contributed by atoms with Crippen molar-refractivity contribution in [3.63, 3.8) is 0 Å². The van der Waals surface area contributed by atoms with Crippen molar-refractivity contribution in [3.05, 3.63) is 29.7 Å². The molecule has 10 heavy (non-hydrogen) atoms. The van der Waals surface area contributed by atoms with E-state index in [1.165, 1.54) is 0 Å². The zero-order valence-corrected chi connectivity index (χ0v) is 5.78. The predicted molar refractivity (Wildman–Crippen MR) is 38.0 cm³/mol. The van der Waals surface area contributed by atoms with Crippen LogP contribution in [0.4, 0.5) is 0 Å². The van der Waals surface area contributed by atoms with Crippen LogP contribution in [0, 0.1) is 0 Å². The first-order valence-electron chi connectivity index (χ1n) is 2.81. The normalized spacial score (nSPS) is 10.5. The summed E-state index contributed by atoms with van der Waals surface area (Å²) >= 11 is 5.69. The van der Waals surface area contributed by atoms with Gasteiger partial charge in [0.05, 0.1) is 0 Å². The van der Waals surface area contributed by atoms with E-state index in [1.807, 2.05) is 6.20 Å². The van der Waals surface area contributed by atoms with E-state index in [0.717, 1.165) is 5.65 Å². The number of nitrogens with zero attached hydrogens (tertiary/aromatic N) is 3. The van der Waals surface area contributed by atoms with Crippen LogP contribution >= 0.6 is 11.6 Å². The highest BCUT2D eigenvalue weighted by Gasteiger charge is 1.93. The second-order valence-corrected chi connectivity index (χ2v) is 2.38. The second-order valence-electron chi connectivity index (χ2n) is 1.94. The number of hydrogen-bond acceptors (Lipinski definition) is 2. The first-order chi connectivity index (χ1) is 4.86. The molecule has 0 unspecified atom stereocenters. The Bertz CT molecular complexity index is 355. The molecule has 3 nitrogen and oxygen atoms in total. The Morgan fingerprint density at radius 3 is 3.30 bits per heavy atom. The standard InChI is InChI=1S/C6H4ClN3/c7-5-1-2-10-4-8-9-6(10)3-5/h1-4H. The molecule has 0 saturated heterocycles. The van der Waals surface area contributed by atoms with E-state index in [-0.39, 0.29) is 0 Å². The highest BCUT2D eigenvalue weighted by molar-refractivity contribution is 6.30. The van der Waals surface area contributed by atoms with Crippen molar-refractivity contribution >= 4 is 17.2 Å². The topological polar surface area (TPSA) is 30.2 Å². The highest BCUT2D eigenvalue weighted by Crippen LogP contribution is 2.08. The van der Waals surface area contributed by atoms with Crippen molar-refractivity contribution < 1.29 is 0 Å². The molecule has 2 aromatic heterocycles. The lowest BCUT2D eigenvalue weighted by atomic mass is 10.5. The fraction of sp³-hybridized carbons (Fsp3) is 0. The molecule has 0 aromatic carbocycles. The first kappa shape index (κ1) is 5.68. The molecule has 50 valence electrons. The molecule has 0 fully saturated rings. The zero-order chi connectivity index (χ0) is 6.97. The molecule has 2 aromatic rings. The molecule has 0 atom stereocenters. The molecule has 0 aliphatic heterocycles. The molecule has 0 radical (unpaired) electrons. The van der Waals surface area contributed by atoms with Crippen LogP contribution in [0.1, 0.15) is 0 Å².